The molecule has 1 aromatic carbocycles. The molecule has 2 rings (SSSR count). The van der Waals surface area contributed by atoms with Crippen molar-refractivity contribution in [2.24, 2.45) is 0 Å². The van der Waals surface area contributed by atoms with E-state index in [1.54, 1.807) is 25.6 Å². The van der Waals surface area contributed by atoms with Gasteiger partial charge in [-0.2, -0.15) is 0 Å². The maximum absolute atomic E-state index is 5.43. The largest absolute Gasteiger partial charge is 0.497 e. The first-order valence-electron chi connectivity index (χ1n) is 5.51. The number of thiophene rings is 1. The first kappa shape index (κ1) is 12.0. The zero-order valence-corrected chi connectivity index (χ0v) is 11.1. The maximum Gasteiger partial charge on any atom is 0.126 e. The van der Waals surface area contributed by atoms with E-state index in [4.69, 9.17) is 9.47 Å². The summed E-state index contributed by atoms with van der Waals surface area (Å²) in [5, 5.41) is 2.10. The van der Waals surface area contributed by atoms with Crippen LogP contribution in [0.1, 0.15) is 23.3 Å². The highest BCUT2D eigenvalue weighted by Crippen LogP contribution is 2.35. The highest BCUT2D eigenvalue weighted by atomic mass is 32.1. The quantitative estimate of drug-likeness (QED) is 0.816. The SMILES string of the molecule is COc1ccc(C(C)c2cccs2)c(OC)c1. The lowest BCUT2D eigenvalue weighted by molar-refractivity contribution is 0.390. The van der Waals surface area contributed by atoms with Gasteiger partial charge in [-0.3, -0.25) is 0 Å². The van der Waals surface area contributed by atoms with Crippen LogP contribution in [0, 0.1) is 0 Å². The third-order valence-corrected chi connectivity index (χ3v) is 3.93. The third kappa shape index (κ3) is 2.44. The molecule has 0 aliphatic rings. The number of ether oxygens (including phenoxy) is 2. The van der Waals surface area contributed by atoms with Gasteiger partial charge < -0.3 is 9.47 Å². The van der Waals surface area contributed by atoms with Crippen LogP contribution in [0.4, 0.5) is 0 Å². The Bertz CT molecular complexity index is 477. The molecular weight excluding hydrogens is 232 g/mol. The van der Waals surface area contributed by atoms with Gasteiger partial charge >= 0.3 is 0 Å². The fourth-order valence-corrected chi connectivity index (χ4v) is 2.67. The van der Waals surface area contributed by atoms with Gasteiger partial charge in [-0.05, 0) is 17.5 Å². The molecule has 0 N–H and O–H groups in total. The van der Waals surface area contributed by atoms with E-state index in [-0.39, 0.29) is 0 Å². The van der Waals surface area contributed by atoms with Gasteiger partial charge in [0.25, 0.3) is 0 Å². The van der Waals surface area contributed by atoms with Crippen LogP contribution in [0.25, 0.3) is 0 Å². The molecule has 3 heteroatoms. The highest BCUT2D eigenvalue weighted by molar-refractivity contribution is 7.10. The van der Waals surface area contributed by atoms with Crippen LogP contribution in [-0.2, 0) is 0 Å². The summed E-state index contributed by atoms with van der Waals surface area (Å²) in [6.45, 7) is 2.19. The maximum atomic E-state index is 5.43. The summed E-state index contributed by atoms with van der Waals surface area (Å²) in [7, 11) is 3.36. The molecule has 2 aromatic rings. The molecule has 1 unspecified atom stereocenters. The lowest BCUT2D eigenvalue weighted by Gasteiger charge is -2.15. The average Bonchev–Trinajstić information content (AvgIpc) is 2.91. The molecule has 0 aliphatic heterocycles. The summed E-state index contributed by atoms with van der Waals surface area (Å²) in [6.07, 6.45) is 0. The van der Waals surface area contributed by atoms with Crippen molar-refractivity contribution in [3.8, 4) is 11.5 Å². The summed E-state index contributed by atoms with van der Waals surface area (Å²) < 4.78 is 10.6. The van der Waals surface area contributed by atoms with Crippen molar-refractivity contribution in [2.75, 3.05) is 14.2 Å². The van der Waals surface area contributed by atoms with Crippen LogP contribution >= 0.6 is 11.3 Å². The molecule has 90 valence electrons. The van der Waals surface area contributed by atoms with Gasteiger partial charge in [0.15, 0.2) is 0 Å². The monoisotopic (exact) mass is 248 g/mol. The lowest BCUT2D eigenvalue weighted by Crippen LogP contribution is -1.98. The van der Waals surface area contributed by atoms with Gasteiger partial charge in [0, 0.05) is 22.4 Å². The molecule has 0 saturated heterocycles. The number of hydrogen-bond acceptors (Lipinski definition) is 3. The Morgan fingerprint density at radius 2 is 1.94 bits per heavy atom. The standard InChI is InChI=1S/C14H16O2S/c1-10(14-5-4-8-17-14)12-7-6-11(15-2)9-13(12)16-3/h4-10H,1-3H3. The normalized spacial score (nSPS) is 12.2. The zero-order valence-electron chi connectivity index (χ0n) is 10.3. The summed E-state index contributed by atoms with van der Waals surface area (Å²) in [4.78, 5) is 1.34. The highest BCUT2D eigenvalue weighted by Gasteiger charge is 2.14. The van der Waals surface area contributed by atoms with Crippen LogP contribution in [0.2, 0.25) is 0 Å². The second-order valence-corrected chi connectivity index (χ2v) is 4.82. The van der Waals surface area contributed by atoms with Gasteiger partial charge in [0.1, 0.15) is 11.5 Å². The second-order valence-electron chi connectivity index (χ2n) is 3.84. The van der Waals surface area contributed by atoms with Crippen molar-refractivity contribution in [3.63, 3.8) is 0 Å². The van der Waals surface area contributed by atoms with E-state index in [2.05, 4.69) is 30.5 Å². The Kier molecular flexibility index (Phi) is 3.69. The molecule has 0 saturated carbocycles. The molecule has 0 amide bonds. The van der Waals surface area contributed by atoms with E-state index in [1.807, 2.05) is 12.1 Å². The number of methoxy groups -OCH3 is 2. The van der Waals surface area contributed by atoms with E-state index in [0.717, 1.165) is 11.5 Å². The molecular formula is C14H16O2S. The predicted molar refractivity (Wildman–Crippen MR) is 71.4 cm³/mol. The van der Waals surface area contributed by atoms with Gasteiger partial charge in [0.05, 0.1) is 14.2 Å². The Morgan fingerprint density at radius 1 is 1.12 bits per heavy atom. The second kappa shape index (κ2) is 5.23. The minimum atomic E-state index is 0.343. The van der Waals surface area contributed by atoms with Gasteiger partial charge in [-0.1, -0.05) is 19.1 Å². The predicted octanol–water partition coefficient (Wildman–Crippen LogP) is 3.92. The fourth-order valence-electron chi connectivity index (χ4n) is 1.87. The van der Waals surface area contributed by atoms with E-state index >= 15 is 0 Å². The van der Waals surface area contributed by atoms with Crippen molar-refractivity contribution in [1.82, 2.24) is 0 Å². The molecule has 0 radical (unpaired) electrons. The topological polar surface area (TPSA) is 18.5 Å². The molecule has 2 nitrogen and oxygen atoms in total. The first-order chi connectivity index (χ1) is 8.26. The average molecular weight is 248 g/mol. The molecule has 1 atom stereocenters. The summed E-state index contributed by atoms with van der Waals surface area (Å²) in [5.74, 6) is 2.05. The molecule has 0 aliphatic carbocycles. The number of benzene rings is 1. The van der Waals surface area contributed by atoms with Crippen LogP contribution in [0.15, 0.2) is 35.7 Å². The van der Waals surface area contributed by atoms with Crippen molar-refractivity contribution < 1.29 is 9.47 Å². The van der Waals surface area contributed by atoms with Crippen LogP contribution in [0.5, 0.6) is 11.5 Å². The Labute approximate surface area is 106 Å². The van der Waals surface area contributed by atoms with Crippen LogP contribution in [-0.4, -0.2) is 14.2 Å². The molecule has 1 heterocycles. The van der Waals surface area contributed by atoms with Crippen molar-refractivity contribution >= 4 is 11.3 Å². The Balaban J connectivity index is 2.38. The molecule has 0 spiro atoms. The summed E-state index contributed by atoms with van der Waals surface area (Å²) >= 11 is 1.77. The van der Waals surface area contributed by atoms with Gasteiger partial charge in [0.2, 0.25) is 0 Å². The number of rotatable bonds is 4. The summed E-state index contributed by atoms with van der Waals surface area (Å²) in [6, 6.07) is 10.2. The van der Waals surface area contributed by atoms with E-state index in [9.17, 15) is 0 Å². The van der Waals surface area contributed by atoms with E-state index < -0.39 is 0 Å². The van der Waals surface area contributed by atoms with Crippen molar-refractivity contribution in [1.29, 1.82) is 0 Å². The van der Waals surface area contributed by atoms with Crippen molar-refractivity contribution in [2.45, 2.75) is 12.8 Å². The Morgan fingerprint density at radius 3 is 2.53 bits per heavy atom. The Hall–Kier alpha value is -1.48. The zero-order chi connectivity index (χ0) is 12.3. The van der Waals surface area contributed by atoms with Crippen molar-refractivity contribution in [3.05, 3.63) is 46.2 Å². The molecule has 0 fully saturated rings. The summed E-state index contributed by atoms with van der Waals surface area (Å²) in [5.41, 5.74) is 1.19. The van der Waals surface area contributed by atoms with Crippen LogP contribution < -0.4 is 9.47 Å². The lowest BCUT2D eigenvalue weighted by atomic mass is 9.98. The molecule has 0 bridgehead atoms. The van der Waals surface area contributed by atoms with Gasteiger partial charge in [-0.25, -0.2) is 0 Å². The first-order valence-corrected chi connectivity index (χ1v) is 6.39. The smallest absolute Gasteiger partial charge is 0.126 e. The third-order valence-electron chi connectivity index (χ3n) is 2.88. The minimum Gasteiger partial charge on any atom is -0.497 e. The van der Waals surface area contributed by atoms with Crippen LogP contribution in [0.3, 0.4) is 0 Å². The van der Waals surface area contributed by atoms with E-state index in [0.29, 0.717) is 5.92 Å². The molecule has 17 heavy (non-hydrogen) atoms. The minimum absolute atomic E-state index is 0.343. The molecule has 1 aromatic heterocycles. The fraction of sp³-hybridized carbons (Fsp3) is 0.286. The number of hydrogen-bond donors (Lipinski definition) is 0. The van der Waals surface area contributed by atoms with E-state index in [1.165, 1.54) is 10.4 Å². The van der Waals surface area contributed by atoms with Gasteiger partial charge in [-0.15, -0.1) is 11.3 Å².